The molecule has 1 radical (unpaired) electrons. The third-order valence-corrected chi connectivity index (χ3v) is 1.11. The summed E-state index contributed by atoms with van der Waals surface area (Å²) in [6.45, 7) is 4.81. The number of esters is 1. The molecule has 0 aliphatic rings. The normalized spacial score (nSPS) is 9.60. The molecular formula is C7H11O3. The minimum Gasteiger partial charge on any atom is -0.465 e. The standard InChI is InChI=1S/C7H11O3/c1-4-10-7(9)5(2)6(3)8/h4H2,1-3H3. The SMILES string of the molecule is CCOC(=O)[C](C)C(C)=O. The van der Waals surface area contributed by atoms with Gasteiger partial charge in [-0.05, 0) is 20.8 Å². The molecule has 0 aliphatic carbocycles. The maximum atomic E-state index is 10.7. The minimum absolute atomic E-state index is 0.154. The number of hydrogen-bond donors (Lipinski definition) is 0. The summed E-state index contributed by atoms with van der Waals surface area (Å²) in [4.78, 5) is 21.2. The molecule has 57 valence electrons. The van der Waals surface area contributed by atoms with E-state index in [0.29, 0.717) is 6.61 Å². The zero-order valence-electron chi connectivity index (χ0n) is 6.43. The van der Waals surface area contributed by atoms with Crippen LogP contribution in [-0.4, -0.2) is 18.4 Å². The Morgan fingerprint density at radius 3 is 2.10 bits per heavy atom. The number of ether oxygens (including phenoxy) is 1. The van der Waals surface area contributed by atoms with Crippen molar-refractivity contribution in [2.75, 3.05) is 6.61 Å². The Bertz CT molecular complexity index is 140. The average Bonchev–Trinajstić information content (AvgIpc) is 1.87. The van der Waals surface area contributed by atoms with Crippen molar-refractivity contribution in [3.05, 3.63) is 5.92 Å². The molecule has 0 amide bonds. The molecule has 0 aromatic carbocycles. The predicted octanol–water partition coefficient (Wildman–Crippen LogP) is 0.733. The van der Waals surface area contributed by atoms with Crippen molar-refractivity contribution in [1.29, 1.82) is 0 Å². The number of Topliss-reactive ketones (excluding diaryl/α,β-unsaturated/α-hetero) is 1. The smallest absolute Gasteiger partial charge is 0.320 e. The van der Waals surface area contributed by atoms with Gasteiger partial charge in [0, 0.05) is 0 Å². The number of hydrogen-bond acceptors (Lipinski definition) is 3. The van der Waals surface area contributed by atoms with Crippen LogP contribution in [0.4, 0.5) is 0 Å². The lowest BCUT2D eigenvalue weighted by atomic mass is 10.1. The van der Waals surface area contributed by atoms with Gasteiger partial charge in [0.25, 0.3) is 0 Å². The zero-order valence-corrected chi connectivity index (χ0v) is 6.43. The molecule has 0 bridgehead atoms. The summed E-state index contributed by atoms with van der Waals surface area (Å²) in [6.07, 6.45) is 0. The summed E-state index contributed by atoms with van der Waals surface area (Å²) in [5.41, 5.74) is 0. The number of carbonyl (C=O) groups is 2. The molecule has 3 nitrogen and oxygen atoms in total. The van der Waals surface area contributed by atoms with E-state index in [1.54, 1.807) is 6.92 Å². The summed E-state index contributed by atoms with van der Waals surface area (Å²) in [5, 5.41) is 0. The van der Waals surface area contributed by atoms with E-state index in [1.807, 2.05) is 0 Å². The molecule has 0 unspecified atom stereocenters. The molecule has 0 saturated heterocycles. The van der Waals surface area contributed by atoms with Crippen molar-refractivity contribution in [1.82, 2.24) is 0 Å². The van der Waals surface area contributed by atoms with Gasteiger partial charge in [-0.25, -0.2) is 0 Å². The Kier molecular flexibility index (Phi) is 3.69. The fourth-order valence-electron chi connectivity index (χ4n) is 0.383. The summed E-state index contributed by atoms with van der Waals surface area (Å²) >= 11 is 0. The van der Waals surface area contributed by atoms with Crippen LogP contribution >= 0.6 is 0 Å². The topological polar surface area (TPSA) is 43.4 Å². The van der Waals surface area contributed by atoms with Crippen LogP contribution in [-0.2, 0) is 14.3 Å². The van der Waals surface area contributed by atoms with E-state index < -0.39 is 5.97 Å². The summed E-state index contributed by atoms with van der Waals surface area (Å²) < 4.78 is 4.57. The van der Waals surface area contributed by atoms with Crippen molar-refractivity contribution in [2.45, 2.75) is 20.8 Å². The first-order valence-electron chi connectivity index (χ1n) is 3.11. The van der Waals surface area contributed by atoms with Crippen LogP contribution in [0.15, 0.2) is 0 Å². The van der Waals surface area contributed by atoms with Gasteiger partial charge in [-0.1, -0.05) is 0 Å². The molecule has 0 rings (SSSR count). The predicted molar refractivity (Wildman–Crippen MR) is 36.2 cm³/mol. The highest BCUT2D eigenvalue weighted by Crippen LogP contribution is 2.01. The van der Waals surface area contributed by atoms with Gasteiger partial charge < -0.3 is 4.74 Å². The van der Waals surface area contributed by atoms with Crippen LogP contribution in [0.1, 0.15) is 20.8 Å². The van der Waals surface area contributed by atoms with E-state index in [-0.39, 0.29) is 11.7 Å². The molecule has 0 aromatic rings. The van der Waals surface area contributed by atoms with Crippen LogP contribution in [0.25, 0.3) is 0 Å². The lowest BCUT2D eigenvalue weighted by molar-refractivity contribution is -0.142. The highest BCUT2D eigenvalue weighted by Gasteiger charge is 2.19. The molecule has 0 saturated carbocycles. The molecule has 10 heavy (non-hydrogen) atoms. The Balaban J connectivity index is 3.82. The molecule has 0 spiro atoms. The van der Waals surface area contributed by atoms with Gasteiger partial charge in [0.2, 0.25) is 0 Å². The van der Waals surface area contributed by atoms with Crippen LogP contribution in [0.3, 0.4) is 0 Å². The number of ketones is 1. The van der Waals surface area contributed by atoms with Crippen molar-refractivity contribution in [3.8, 4) is 0 Å². The Hall–Kier alpha value is -0.860. The minimum atomic E-state index is -0.519. The first kappa shape index (κ1) is 9.14. The summed E-state index contributed by atoms with van der Waals surface area (Å²) in [7, 11) is 0. The number of carbonyl (C=O) groups excluding carboxylic acids is 2. The number of rotatable bonds is 3. The largest absolute Gasteiger partial charge is 0.465 e. The molecule has 0 atom stereocenters. The zero-order chi connectivity index (χ0) is 8.15. The molecule has 0 aromatic heterocycles. The van der Waals surface area contributed by atoms with Gasteiger partial charge in [0.1, 0.15) is 11.7 Å². The van der Waals surface area contributed by atoms with E-state index in [1.165, 1.54) is 13.8 Å². The first-order valence-corrected chi connectivity index (χ1v) is 3.11. The molecule has 0 aliphatic heterocycles. The van der Waals surface area contributed by atoms with Gasteiger partial charge in [0.05, 0.1) is 6.61 Å². The highest BCUT2D eigenvalue weighted by atomic mass is 16.5. The lowest BCUT2D eigenvalue weighted by Crippen LogP contribution is -2.18. The summed E-state index contributed by atoms with van der Waals surface area (Å²) in [5.74, 6) is -0.602. The van der Waals surface area contributed by atoms with Crippen LogP contribution in [0.2, 0.25) is 0 Å². The Labute approximate surface area is 60.4 Å². The van der Waals surface area contributed by atoms with Gasteiger partial charge >= 0.3 is 5.97 Å². The maximum Gasteiger partial charge on any atom is 0.320 e. The van der Waals surface area contributed by atoms with E-state index in [2.05, 4.69) is 4.74 Å². The Morgan fingerprint density at radius 1 is 1.30 bits per heavy atom. The van der Waals surface area contributed by atoms with Crippen LogP contribution in [0.5, 0.6) is 0 Å². The first-order chi connectivity index (χ1) is 4.59. The van der Waals surface area contributed by atoms with E-state index in [9.17, 15) is 9.59 Å². The van der Waals surface area contributed by atoms with Crippen LogP contribution in [0, 0.1) is 5.92 Å². The van der Waals surface area contributed by atoms with Gasteiger partial charge in [0.15, 0.2) is 0 Å². The van der Waals surface area contributed by atoms with E-state index >= 15 is 0 Å². The molecule has 0 fully saturated rings. The van der Waals surface area contributed by atoms with E-state index in [4.69, 9.17) is 0 Å². The molecule has 3 heteroatoms. The quantitative estimate of drug-likeness (QED) is 0.432. The third kappa shape index (κ3) is 2.62. The second-order valence-corrected chi connectivity index (χ2v) is 1.90. The maximum absolute atomic E-state index is 10.7. The molecule has 0 heterocycles. The fraction of sp³-hybridized carbons (Fsp3) is 0.571. The second kappa shape index (κ2) is 4.04. The molecular weight excluding hydrogens is 132 g/mol. The van der Waals surface area contributed by atoms with Gasteiger partial charge in [-0.2, -0.15) is 0 Å². The average molecular weight is 143 g/mol. The van der Waals surface area contributed by atoms with Gasteiger partial charge in [-0.15, -0.1) is 0 Å². The van der Waals surface area contributed by atoms with Crippen LogP contribution < -0.4 is 0 Å². The Morgan fingerprint density at radius 2 is 1.80 bits per heavy atom. The fourth-order valence-corrected chi connectivity index (χ4v) is 0.383. The van der Waals surface area contributed by atoms with Gasteiger partial charge in [-0.3, -0.25) is 9.59 Å². The molecule has 0 N–H and O–H groups in total. The lowest BCUT2D eigenvalue weighted by Gasteiger charge is -2.04. The summed E-state index contributed by atoms with van der Waals surface area (Å²) in [6, 6.07) is 0. The monoisotopic (exact) mass is 143 g/mol. The third-order valence-electron chi connectivity index (χ3n) is 1.11. The highest BCUT2D eigenvalue weighted by molar-refractivity contribution is 6.11. The second-order valence-electron chi connectivity index (χ2n) is 1.90. The van der Waals surface area contributed by atoms with Crippen molar-refractivity contribution in [2.24, 2.45) is 0 Å². The van der Waals surface area contributed by atoms with Crippen molar-refractivity contribution >= 4 is 11.8 Å². The van der Waals surface area contributed by atoms with Crippen molar-refractivity contribution in [3.63, 3.8) is 0 Å². The van der Waals surface area contributed by atoms with Crippen molar-refractivity contribution < 1.29 is 14.3 Å². The van der Waals surface area contributed by atoms with E-state index in [0.717, 1.165) is 0 Å².